The third-order valence-corrected chi connectivity index (χ3v) is 7.67. The van der Waals surface area contributed by atoms with Gasteiger partial charge in [0.05, 0.1) is 23.6 Å². The highest BCUT2D eigenvalue weighted by Gasteiger charge is 2.61. The maximum atomic E-state index is 6.21. The van der Waals surface area contributed by atoms with E-state index in [0.717, 1.165) is 37.7 Å². The third-order valence-electron chi connectivity index (χ3n) is 7.26. The van der Waals surface area contributed by atoms with Crippen molar-refractivity contribution in [2.45, 2.75) is 49.5 Å². The Morgan fingerprint density at radius 1 is 1.17 bits per heavy atom. The van der Waals surface area contributed by atoms with Crippen molar-refractivity contribution < 1.29 is 9.26 Å². The van der Waals surface area contributed by atoms with Crippen LogP contribution in [-0.4, -0.2) is 32.0 Å². The molecule has 4 bridgehead atoms. The average molecular weight is 446 g/mol. The average Bonchev–Trinajstić information content (AvgIpc) is 3.37. The number of rotatable bonds is 4. The molecule has 156 valence electrons. The molecule has 0 radical (unpaired) electrons. The molecule has 0 aliphatic heterocycles. The lowest BCUT2D eigenvalue weighted by atomic mass is 9.47. The zero-order valence-corrected chi connectivity index (χ0v) is 18.0. The minimum absolute atomic E-state index is 0.0768. The molecule has 4 aliphatic rings. The fourth-order valence-electron chi connectivity index (χ4n) is 6.61. The summed E-state index contributed by atoms with van der Waals surface area (Å²) in [7, 11) is 1.62. The van der Waals surface area contributed by atoms with Gasteiger partial charge < -0.3 is 9.26 Å². The van der Waals surface area contributed by atoms with Crippen molar-refractivity contribution >= 4 is 23.2 Å². The molecule has 3 aromatic rings. The van der Waals surface area contributed by atoms with Crippen LogP contribution in [0.3, 0.4) is 0 Å². The Hall–Kier alpha value is -2.12. The van der Waals surface area contributed by atoms with E-state index < -0.39 is 0 Å². The maximum absolute atomic E-state index is 6.21. The summed E-state index contributed by atoms with van der Waals surface area (Å²) >= 11 is 12.3. The van der Waals surface area contributed by atoms with E-state index in [2.05, 4.69) is 15.2 Å². The van der Waals surface area contributed by atoms with E-state index in [1.165, 1.54) is 6.42 Å². The fraction of sp³-hybridized carbons (Fsp3) is 0.524. The molecule has 30 heavy (non-hydrogen) atoms. The Morgan fingerprint density at radius 3 is 2.67 bits per heavy atom. The van der Waals surface area contributed by atoms with Crippen LogP contribution in [0.4, 0.5) is 0 Å². The van der Waals surface area contributed by atoms with Gasteiger partial charge >= 0.3 is 0 Å². The topological polar surface area (TPSA) is 78.9 Å². The van der Waals surface area contributed by atoms with Gasteiger partial charge in [-0.3, -0.25) is 0 Å². The van der Waals surface area contributed by atoms with Crippen LogP contribution in [0.15, 0.2) is 29.0 Å². The molecule has 2 unspecified atom stereocenters. The first-order valence-electron chi connectivity index (χ1n) is 10.2. The lowest BCUT2D eigenvalue weighted by molar-refractivity contribution is -0.0786. The molecular weight excluding hydrogens is 425 g/mol. The van der Waals surface area contributed by atoms with Crippen molar-refractivity contribution in [3.8, 4) is 17.1 Å². The predicted octanol–water partition coefficient (Wildman–Crippen LogP) is 4.89. The molecule has 2 atom stereocenters. The summed E-state index contributed by atoms with van der Waals surface area (Å²) in [5, 5.41) is 9.70. The summed E-state index contributed by atoms with van der Waals surface area (Å²) in [6.45, 7) is 0. The van der Waals surface area contributed by atoms with Gasteiger partial charge in [-0.25, -0.2) is 9.67 Å². The SMILES string of the molecule is COc1ccc(Cl)cc1-c1noc(C23CC4CC(C2)CC(n2cnc(Cl)n2)(C4)C3)n1. The lowest BCUT2D eigenvalue weighted by Crippen LogP contribution is -2.58. The zero-order chi connectivity index (χ0) is 20.5. The number of halogens is 2. The largest absolute Gasteiger partial charge is 0.496 e. The fourth-order valence-corrected chi connectivity index (χ4v) is 6.90. The predicted molar refractivity (Wildman–Crippen MR) is 111 cm³/mol. The number of ether oxygens (including phenoxy) is 1. The Kier molecular flexibility index (Phi) is 4.00. The molecule has 0 saturated heterocycles. The van der Waals surface area contributed by atoms with Crippen molar-refractivity contribution in [2.24, 2.45) is 11.8 Å². The summed E-state index contributed by atoms with van der Waals surface area (Å²) < 4.78 is 13.4. The lowest BCUT2D eigenvalue weighted by Gasteiger charge is -2.60. The molecule has 7 rings (SSSR count). The number of methoxy groups -OCH3 is 1. The molecule has 1 aromatic carbocycles. The van der Waals surface area contributed by atoms with Crippen LogP contribution in [0, 0.1) is 11.8 Å². The summed E-state index contributed by atoms with van der Waals surface area (Å²) in [5.41, 5.74) is 0.522. The van der Waals surface area contributed by atoms with Gasteiger partial charge in [-0.1, -0.05) is 16.8 Å². The number of benzene rings is 1. The van der Waals surface area contributed by atoms with E-state index in [0.29, 0.717) is 39.6 Å². The monoisotopic (exact) mass is 445 g/mol. The molecular formula is C21H21Cl2N5O2. The Balaban J connectivity index is 1.41. The smallest absolute Gasteiger partial charge is 0.242 e. The molecule has 0 N–H and O–H groups in total. The normalized spacial score (nSPS) is 32.0. The quantitative estimate of drug-likeness (QED) is 0.568. The van der Waals surface area contributed by atoms with Crippen molar-refractivity contribution in [2.75, 3.05) is 7.11 Å². The van der Waals surface area contributed by atoms with E-state index in [1.807, 2.05) is 16.8 Å². The van der Waals surface area contributed by atoms with Crippen LogP contribution < -0.4 is 4.74 Å². The zero-order valence-electron chi connectivity index (χ0n) is 16.5. The van der Waals surface area contributed by atoms with E-state index in [4.69, 9.17) is 37.4 Å². The van der Waals surface area contributed by atoms with Crippen LogP contribution in [0.25, 0.3) is 11.4 Å². The molecule has 7 nitrogen and oxygen atoms in total. The van der Waals surface area contributed by atoms with Gasteiger partial charge in [0.15, 0.2) is 0 Å². The van der Waals surface area contributed by atoms with Crippen LogP contribution in [0.1, 0.15) is 44.4 Å². The molecule has 4 saturated carbocycles. The summed E-state index contributed by atoms with van der Waals surface area (Å²) in [4.78, 5) is 9.04. The van der Waals surface area contributed by atoms with Gasteiger partial charge in [0.1, 0.15) is 12.1 Å². The summed E-state index contributed by atoms with van der Waals surface area (Å²) in [6, 6.07) is 5.42. The standard InChI is InChI=1S/C21H21Cl2N5O2/c1-29-16-3-2-14(22)5-15(16)17-25-18(30-27-17)20-6-12-4-13(7-20)9-21(8-12,10-20)28-11-24-19(23)26-28/h2-3,5,11-13H,4,6-10H2,1H3. The van der Waals surface area contributed by atoms with Crippen molar-refractivity contribution in [3.63, 3.8) is 0 Å². The van der Waals surface area contributed by atoms with Gasteiger partial charge in [0.2, 0.25) is 17.0 Å². The molecule has 2 heterocycles. The first kappa shape index (κ1) is 18.6. The number of aromatic nitrogens is 5. The van der Waals surface area contributed by atoms with Crippen LogP contribution in [0.2, 0.25) is 10.3 Å². The molecule has 4 aliphatic carbocycles. The van der Waals surface area contributed by atoms with E-state index in [1.54, 1.807) is 19.5 Å². The second kappa shape index (κ2) is 6.44. The van der Waals surface area contributed by atoms with Crippen molar-refractivity contribution in [3.05, 3.63) is 40.7 Å². The third kappa shape index (κ3) is 2.71. The van der Waals surface area contributed by atoms with Gasteiger partial charge in [0.25, 0.3) is 0 Å². The van der Waals surface area contributed by atoms with Crippen LogP contribution in [-0.2, 0) is 11.0 Å². The van der Waals surface area contributed by atoms with E-state index >= 15 is 0 Å². The van der Waals surface area contributed by atoms with E-state index in [9.17, 15) is 0 Å². The Labute approximate surface area is 183 Å². The first-order valence-corrected chi connectivity index (χ1v) is 11.0. The minimum Gasteiger partial charge on any atom is -0.496 e. The maximum Gasteiger partial charge on any atom is 0.242 e. The van der Waals surface area contributed by atoms with Gasteiger partial charge in [-0.05, 0) is 80.2 Å². The molecule has 9 heteroatoms. The van der Waals surface area contributed by atoms with Gasteiger partial charge in [-0.2, -0.15) is 4.98 Å². The van der Waals surface area contributed by atoms with Gasteiger partial charge in [0, 0.05) is 5.02 Å². The van der Waals surface area contributed by atoms with Crippen LogP contribution >= 0.6 is 23.2 Å². The number of hydrogen-bond donors (Lipinski definition) is 0. The minimum atomic E-state index is -0.139. The number of nitrogens with zero attached hydrogens (tertiary/aromatic N) is 5. The molecule has 0 spiro atoms. The highest BCUT2D eigenvalue weighted by atomic mass is 35.5. The van der Waals surface area contributed by atoms with Crippen molar-refractivity contribution in [1.29, 1.82) is 0 Å². The summed E-state index contributed by atoms with van der Waals surface area (Å²) in [5.74, 6) is 3.13. The molecule has 4 fully saturated rings. The number of hydrogen-bond acceptors (Lipinski definition) is 6. The first-order chi connectivity index (χ1) is 14.5. The molecule has 2 aromatic heterocycles. The second-order valence-corrected chi connectivity index (χ2v) is 9.97. The highest BCUT2D eigenvalue weighted by molar-refractivity contribution is 6.31. The highest BCUT2D eigenvalue weighted by Crippen LogP contribution is 2.64. The molecule has 0 amide bonds. The summed E-state index contributed by atoms with van der Waals surface area (Å²) in [6.07, 6.45) is 8.31. The van der Waals surface area contributed by atoms with Crippen LogP contribution in [0.5, 0.6) is 5.75 Å². The Bertz CT molecular complexity index is 1110. The Morgan fingerprint density at radius 2 is 1.97 bits per heavy atom. The second-order valence-electron chi connectivity index (χ2n) is 9.19. The van der Waals surface area contributed by atoms with Crippen molar-refractivity contribution in [1.82, 2.24) is 24.9 Å². The van der Waals surface area contributed by atoms with Gasteiger partial charge in [-0.15, -0.1) is 5.10 Å². The van der Waals surface area contributed by atoms with E-state index in [-0.39, 0.29) is 11.0 Å².